The van der Waals surface area contributed by atoms with Crippen molar-refractivity contribution < 1.29 is 28.6 Å². The zero-order valence-electron chi connectivity index (χ0n) is 17.8. The normalized spacial score (nSPS) is 29.0. The molecule has 1 aromatic rings. The maximum atomic E-state index is 13.0. The highest BCUT2D eigenvalue weighted by molar-refractivity contribution is 5.97. The van der Waals surface area contributed by atoms with Crippen LogP contribution in [0.3, 0.4) is 0 Å². The summed E-state index contributed by atoms with van der Waals surface area (Å²) >= 11 is 0. The smallest absolute Gasteiger partial charge is 0.458 e. The first-order chi connectivity index (χ1) is 14.3. The number of benzene rings is 1. The van der Waals surface area contributed by atoms with Crippen molar-refractivity contribution in [1.82, 2.24) is 0 Å². The van der Waals surface area contributed by atoms with Gasteiger partial charge in [0.25, 0.3) is 0 Å². The summed E-state index contributed by atoms with van der Waals surface area (Å²) < 4.78 is 16.0. The van der Waals surface area contributed by atoms with Gasteiger partial charge in [0.2, 0.25) is 6.10 Å². The maximum Gasteiger partial charge on any atom is 0.509 e. The molecule has 160 valence electrons. The molecule has 0 bridgehead atoms. The van der Waals surface area contributed by atoms with Crippen LogP contribution in [0.4, 0.5) is 4.79 Å². The number of ketones is 1. The van der Waals surface area contributed by atoms with Crippen LogP contribution in [0.15, 0.2) is 30.4 Å². The third-order valence-electron chi connectivity index (χ3n) is 5.52. The number of rotatable bonds is 2. The van der Waals surface area contributed by atoms with Crippen LogP contribution >= 0.6 is 0 Å². The first-order valence-corrected chi connectivity index (χ1v) is 10.4. The zero-order valence-corrected chi connectivity index (χ0v) is 17.8. The van der Waals surface area contributed by atoms with Gasteiger partial charge in [-0.3, -0.25) is 4.79 Å². The molecular formula is C24H28O6. The third kappa shape index (κ3) is 4.81. The summed E-state index contributed by atoms with van der Waals surface area (Å²) in [4.78, 5) is 37.1. The molecule has 0 radical (unpaired) electrons. The minimum atomic E-state index is -0.973. The lowest BCUT2D eigenvalue weighted by molar-refractivity contribution is -0.122. The Hall–Kier alpha value is -2.89. The van der Waals surface area contributed by atoms with Gasteiger partial charge in [0.1, 0.15) is 6.10 Å². The molecule has 0 unspecified atom stereocenters. The van der Waals surface area contributed by atoms with Crippen molar-refractivity contribution >= 4 is 24.0 Å². The number of ether oxygens (including phenoxy) is 3. The van der Waals surface area contributed by atoms with Gasteiger partial charge in [0.05, 0.1) is 5.56 Å². The van der Waals surface area contributed by atoms with Gasteiger partial charge < -0.3 is 14.2 Å². The van der Waals surface area contributed by atoms with E-state index in [1.54, 1.807) is 19.1 Å². The molecule has 1 fully saturated rings. The minimum Gasteiger partial charge on any atom is -0.458 e. The second-order valence-corrected chi connectivity index (χ2v) is 7.94. The Labute approximate surface area is 176 Å². The number of aryl methyl sites for hydroxylation is 2. The molecule has 1 aromatic carbocycles. The quantitative estimate of drug-likeness (QED) is 0.662. The van der Waals surface area contributed by atoms with E-state index in [0.717, 1.165) is 29.5 Å². The SMILES string of the molecule is CCCc1cc(C)c2c(c1)/C=C/C[C@@H]1OC(=O)O[C@@H]1C(=O)/C=C\[C@@H](C)[C@H](C)OC2=O. The lowest BCUT2D eigenvalue weighted by atomic mass is 9.95. The molecule has 0 amide bonds. The van der Waals surface area contributed by atoms with E-state index in [-0.39, 0.29) is 17.7 Å². The molecule has 2 aliphatic rings. The molecule has 3 rings (SSSR count). The number of hydrogen-bond donors (Lipinski definition) is 0. The standard InChI is InChI=1S/C24H28O6/c1-5-7-17-12-15(3)21-18(13-17)8-6-9-20-22(30-24(27)29-20)19(25)11-10-14(2)16(4)28-23(21)26/h6,8,10-14,16,20,22H,5,7,9H2,1-4H3/b8-6+,11-10-/t14-,16+,20+,22-/m1/s1. The van der Waals surface area contributed by atoms with Crippen LogP contribution in [-0.4, -0.2) is 36.2 Å². The summed E-state index contributed by atoms with van der Waals surface area (Å²) in [5, 5.41) is 0. The van der Waals surface area contributed by atoms with Gasteiger partial charge in [-0.1, -0.05) is 50.6 Å². The van der Waals surface area contributed by atoms with Gasteiger partial charge in [0, 0.05) is 12.3 Å². The van der Waals surface area contributed by atoms with Gasteiger partial charge in [0.15, 0.2) is 11.9 Å². The Kier molecular flexibility index (Phi) is 6.75. The van der Waals surface area contributed by atoms with Crippen molar-refractivity contribution in [3.8, 4) is 0 Å². The number of carbonyl (C=O) groups excluding carboxylic acids is 3. The van der Waals surface area contributed by atoms with Gasteiger partial charge in [-0.15, -0.1) is 0 Å². The van der Waals surface area contributed by atoms with E-state index >= 15 is 0 Å². The van der Waals surface area contributed by atoms with Crippen LogP contribution in [0.1, 0.15) is 60.7 Å². The second kappa shape index (κ2) is 9.28. The Balaban J connectivity index is 2.03. The summed E-state index contributed by atoms with van der Waals surface area (Å²) in [5.74, 6) is -0.932. The van der Waals surface area contributed by atoms with Crippen LogP contribution in [-0.2, 0) is 25.4 Å². The van der Waals surface area contributed by atoms with E-state index in [0.29, 0.717) is 12.0 Å². The van der Waals surface area contributed by atoms with Gasteiger partial charge in [-0.25, -0.2) is 9.59 Å². The minimum absolute atomic E-state index is 0.198. The van der Waals surface area contributed by atoms with Crippen LogP contribution < -0.4 is 0 Å². The van der Waals surface area contributed by atoms with E-state index in [1.165, 1.54) is 6.08 Å². The lowest BCUT2D eigenvalue weighted by Crippen LogP contribution is -2.30. The van der Waals surface area contributed by atoms with E-state index in [2.05, 4.69) is 6.92 Å². The Morgan fingerprint density at radius 2 is 1.80 bits per heavy atom. The molecule has 2 heterocycles. The van der Waals surface area contributed by atoms with Crippen LogP contribution in [0, 0.1) is 12.8 Å². The predicted molar refractivity (Wildman–Crippen MR) is 112 cm³/mol. The molecule has 6 heteroatoms. The molecule has 2 aliphatic heterocycles. The molecule has 0 N–H and O–H groups in total. The number of esters is 1. The molecule has 0 saturated carbocycles. The van der Waals surface area contributed by atoms with Crippen molar-refractivity contribution in [2.75, 3.05) is 0 Å². The summed E-state index contributed by atoms with van der Waals surface area (Å²) in [6.45, 7) is 7.67. The van der Waals surface area contributed by atoms with E-state index in [4.69, 9.17) is 14.2 Å². The number of hydrogen-bond acceptors (Lipinski definition) is 6. The number of fused-ring (bicyclic) bond motifs is 2. The van der Waals surface area contributed by atoms with Crippen molar-refractivity contribution in [3.63, 3.8) is 0 Å². The molecule has 30 heavy (non-hydrogen) atoms. The summed E-state index contributed by atoms with van der Waals surface area (Å²) in [6.07, 6.45) is 5.92. The fraction of sp³-hybridized carbons (Fsp3) is 0.458. The molecule has 4 atom stereocenters. The van der Waals surface area contributed by atoms with Crippen molar-refractivity contribution in [3.05, 3.63) is 52.6 Å². The molecule has 0 aliphatic carbocycles. The molecular weight excluding hydrogens is 384 g/mol. The highest BCUT2D eigenvalue weighted by atomic mass is 16.8. The fourth-order valence-corrected chi connectivity index (χ4v) is 3.70. The fourth-order valence-electron chi connectivity index (χ4n) is 3.70. The highest BCUT2D eigenvalue weighted by Gasteiger charge is 2.40. The topological polar surface area (TPSA) is 78.9 Å². The number of carbonyl (C=O) groups is 3. The third-order valence-corrected chi connectivity index (χ3v) is 5.52. The first-order valence-electron chi connectivity index (χ1n) is 10.4. The predicted octanol–water partition coefficient (Wildman–Crippen LogP) is 4.58. The van der Waals surface area contributed by atoms with Gasteiger partial charge in [-0.05, 0) is 43.0 Å². The zero-order chi connectivity index (χ0) is 21.8. The lowest BCUT2D eigenvalue weighted by Gasteiger charge is -2.20. The van der Waals surface area contributed by atoms with E-state index in [1.807, 2.05) is 32.1 Å². The summed E-state index contributed by atoms with van der Waals surface area (Å²) in [6, 6.07) is 4.01. The molecule has 1 saturated heterocycles. The Bertz CT molecular complexity index is 897. The number of cyclic esters (lactones) is 1. The summed E-state index contributed by atoms with van der Waals surface area (Å²) in [5.41, 5.74) is 3.28. The van der Waals surface area contributed by atoms with Crippen LogP contribution in [0.5, 0.6) is 0 Å². The largest absolute Gasteiger partial charge is 0.509 e. The Morgan fingerprint density at radius 1 is 1.03 bits per heavy atom. The van der Waals surface area contributed by atoms with Crippen LogP contribution in [0.25, 0.3) is 6.08 Å². The Morgan fingerprint density at radius 3 is 2.53 bits per heavy atom. The van der Waals surface area contributed by atoms with Gasteiger partial charge in [-0.2, -0.15) is 0 Å². The monoisotopic (exact) mass is 412 g/mol. The molecule has 0 aromatic heterocycles. The second-order valence-electron chi connectivity index (χ2n) is 7.94. The van der Waals surface area contributed by atoms with Crippen molar-refractivity contribution in [1.29, 1.82) is 0 Å². The molecule has 0 spiro atoms. The van der Waals surface area contributed by atoms with Crippen molar-refractivity contribution in [2.45, 2.75) is 65.3 Å². The summed E-state index contributed by atoms with van der Waals surface area (Å²) in [7, 11) is 0. The van der Waals surface area contributed by atoms with Crippen molar-refractivity contribution in [2.24, 2.45) is 5.92 Å². The maximum absolute atomic E-state index is 13.0. The molecule has 6 nitrogen and oxygen atoms in total. The van der Waals surface area contributed by atoms with E-state index in [9.17, 15) is 14.4 Å². The highest BCUT2D eigenvalue weighted by Crippen LogP contribution is 2.25. The average Bonchev–Trinajstić information content (AvgIpc) is 3.05. The first kappa shape index (κ1) is 21.8. The van der Waals surface area contributed by atoms with E-state index < -0.39 is 24.5 Å². The van der Waals surface area contributed by atoms with Crippen LogP contribution in [0.2, 0.25) is 0 Å². The average molecular weight is 412 g/mol. The van der Waals surface area contributed by atoms with Gasteiger partial charge >= 0.3 is 12.1 Å².